The zero-order valence-corrected chi connectivity index (χ0v) is 14.9. The highest BCUT2D eigenvalue weighted by atomic mass is 16.7. The number of rotatable bonds is 5. The van der Waals surface area contributed by atoms with Crippen LogP contribution in [0.1, 0.15) is 37.3 Å². The summed E-state index contributed by atoms with van der Waals surface area (Å²) in [7, 11) is 0. The van der Waals surface area contributed by atoms with E-state index in [4.69, 9.17) is 14.2 Å². The molecule has 0 bridgehead atoms. The van der Waals surface area contributed by atoms with Crippen LogP contribution in [0.3, 0.4) is 0 Å². The molecule has 0 spiro atoms. The van der Waals surface area contributed by atoms with Gasteiger partial charge in [-0.1, -0.05) is 13.0 Å². The van der Waals surface area contributed by atoms with Crippen LogP contribution in [0.15, 0.2) is 36.4 Å². The highest BCUT2D eigenvalue weighted by Crippen LogP contribution is 2.34. The van der Waals surface area contributed by atoms with Crippen molar-refractivity contribution in [3.63, 3.8) is 0 Å². The summed E-state index contributed by atoms with van der Waals surface area (Å²) < 4.78 is 16.6. The fourth-order valence-electron chi connectivity index (χ4n) is 3.47. The van der Waals surface area contributed by atoms with Gasteiger partial charge < -0.3 is 19.5 Å². The number of carbonyl (C=O) groups is 1. The second-order valence-corrected chi connectivity index (χ2v) is 6.71. The average molecular weight is 353 g/mol. The molecule has 0 aromatic heterocycles. The van der Waals surface area contributed by atoms with Crippen molar-refractivity contribution in [2.45, 2.75) is 45.1 Å². The van der Waals surface area contributed by atoms with Gasteiger partial charge in [-0.2, -0.15) is 0 Å². The third kappa shape index (κ3) is 3.47. The van der Waals surface area contributed by atoms with Crippen LogP contribution in [0, 0.1) is 0 Å². The van der Waals surface area contributed by atoms with Crippen molar-refractivity contribution in [1.82, 2.24) is 0 Å². The Hall–Kier alpha value is -2.69. The summed E-state index contributed by atoms with van der Waals surface area (Å²) in [5, 5.41) is 2.91. The molecule has 0 saturated carbocycles. The summed E-state index contributed by atoms with van der Waals surface area (Å²) >= 11 is 0. The van der Waals surface area contributed by atoms with Gasteiger partial charge in [0.15, 0.2) is 17.6 Å². The molecule has 5 nitrogen and oxygen atoms in total. The third-order valence-corrected chi connectivity index (χ3v) is 4.90. The summed E-state index contributed by atoms with van der Waals surface area (Å²) in [6, 6.07) is 11.6. The van der Waals surface area contributed by atoms with Gasteiger partial charge in [0.2, 0.25) is 6.79 Å². The van der Waals surface area contributed by atoms with E-state index in [0.717, 1.165) is 18.6 Å². The maximum absolute atomic E-state index is 12.6. The molecule has 4 rings (SSSR count). The van der Waals surface area contributed by atoms with Crippen molar-refractivity contribution < 1.29 is 19.0 Å². The van der Waals surface area contributed by atoms with E-state index in [1.54, 1.807) is 18.2 Å². The minimum absolute atomic E-state index is 0.163. The molecule has 1 amide bonds. The minimum atomic E-state index is -0.540. The lowest BCUT2D eigenvalue weighted by atomic mass is 9.92. The van der Waals surface area contributed by atoms with Gasteiger partial charge in [0.1, 0.15) is 5.75 Å². The lowest BCUT2D eigenvalue weighted by Crippen LogP contribution is -2.32. The Kier molecular flexibility index (Phi) is 4.69. The molecule has 0 unspecified atom stereocenters. The lowest BCUT2D eigenvalue weighted by Gasteiger charge is -2.20. The third-order valence-electron chi connectivity index (χ3n) is 4.90. The van der Waals surface area contributed by atoms with E-state index in [2.05, 4.69) is 17.4 Å². The lowest BCUT2D eigenvalue weighted by molar-refractivity contribution is -0.122. The summed E-state index contributed by atoms with van der Waals surface area (Å²) in [6.45, 7) is 2.16. The molecule has 136 valence electrons. The molecule has 26 heavy (non-hydrogen) atoms. The Balaban J connectivity index is 1.44. The SMILES string of the molecule is CC[C@@H](Oc1ccc2c(c1)CCCC2)C(=O)Nc1ccc2c(c1)OCO2. The van der Waals surface area contributed by atoms with Crippen molar-refractivity contribution >= 4 is 11.6 Å². The van der Waals surface area contributed by atoms with E-state index < -0.39 is 6.10 Å². The summed E-state index contributed by atoms with van der Waals surface area (Å²) in [5.74, 6) is 1.94. The zero-order chi connectivity index (χ0) is 17.9. The fraction of sp³-hybridized carbons (Fsp3) is 0.381. The first-order chi connectivity index (χ1) is 12.7. The number of nitrogens with one attached hydrogen (secondary N) is 1. The number of fused-ring (bicyclic) bond motifs is 2. The largest absolute Gasteiger partial charge is 0.481 e. The zero-order valence-electron chi connectivity index (χ0n) is 14.9. The molecule has 1 heterocycles. The molecule has 0 fully saturated rings. The van der Waals surface area contributed by atoms with Gasteiger partial charge in [0.05, 0.1) is 0 Å². The van der Waals surface area contributed by atoms with Gasteiger partial charge in [-0.25, -0.2) is 0 Å². The maximum Gasteiger partial charge on any atom is 0.265 e. The molecule has 1 N–H and O–H groups in total. The van der Waals surface area contributed by atoms with E-state index in [-0.39, 0.29) is 12.7 Å². The number of hydrogen-bond acceptors (Lipinski definition) is 4. The maximum atomic E-state index is 12.6. The Morgan fingerprint density at radius 2 is 1.88 bits per heavy atom. The molecule has 5 heteroatoms. The van der Waals surface area contributed by atoms with Gasteiger partial charge in [-0.05, 0) is 67.5 Å². The van der Waals surface area contributed by atoms with Crippen molar-refractivity contribution in [2.75, 3.05) is 12.1 Å². The van der Waals surface area contributed by atoms with E-state index in [1.165, 1.54) is 24.0 Å². The topological polar surface area (TPSA) is 56.8 Å². The average Bonchev–Trinajstić information content (AvgIpc) is 3.13. The molecule has 2 aromatic rings. The standard InChI is InChI=1S/C21H23NO4/c1-2-18(26-17-9-7-14-5-3-4-6-15(14)11-17)21(23)22-16-8-10-19-20(12-16)25-13-24-19/h7-12,18H,2-6,13H2,1H3,(H,22,23)/t18-/m1/s1. The van der Waals surface area contributed by atoms with Crippen LogP contribution >= 0.6 is 0 Å². The van der Waals surface area contributed by atoms with Crippen molar-refractivity contribution in [2.24, 2.45) is 0 Å². The normalized spacial score (nSPS) is 15.9. The predicted molar refractivity (Wildman–Crippen MR) is 99.0 cm³/mol. The summed E-state index contributed by atoms with van der Waals surface area (Å²) in [4.78, 5) is 12.6. The Bertz CT molecular complexity index is 818. The fourth-order valence-corrected chi connectivity index (χ4v) is 3.47. The molecular formula is C21H23NO4. The molecule has 0 radical (unpaired) electrons. The smallest absolute Gasteiger partial charge is 0.265 e. The van der Waals surface area contributed by atoms with Gasteiger partial charge in [-0.15, -0.1) is 0 Å². The number of amides is 1. The summed E-state index contributed by atoms with van der Waals surface area (Å²) in [5.41, 5.74) is 3.42. The van der Waals surface area contributed by atoms with Gasteiger partial charge in [0.25, 0.3) is 5.91 Å². The van der Waals surface area contributed by atoms with E-state index in [9.17, 15) is 4.79 Å². The first kappa shape index (κ1) is 16.8. The molecular weight excluding hydrogens is 330 g/mol. The molecule has 0 saturated heterocycles. The Morgan fingerprint density at radius 3 is 2.73 bits per heavy atom. The predicted octanol–water partition coefficient (Wildman–Crippen LogP) is 4.09. The number of hydrogen-bond donors (Lipinski definition) is 1. The molecule has 2 aliphatic rings. The van der Waals surface area contributed by atoms with Crippen LogP contribution in [0.5, 0.6) is 17.2 Å². The van der Waals surface area contributed by atoms with E-state index in [0.29, 0.717) is 23.6 Å². The highest BCUT2D eigenvalue weighted by Gasteiger charge is 2.21. The van der Waals surface area contributed by atoms with Crippen LogP contribution in [0.4, 0.5) is 5.69 Å². The van der Waals surface area contributed by atoms with Crippen molar-refractivity contribution in [1.29, 1.82) is 0 Å². The number of carbonyl (C=O) groups excluding carboxylic acids is 1. The minimum Gasteiger partial charge on any atom is -0.481 e. The first-order valence-corrected chi connectivity index (χ1v) is 9.22. The van der Waals surface area contributed by atoms with Gasteiger partial charge in [-0.3, -0.25) is 4.79 Å². The number of ether oxygens (including phenoxy) is 3. The van der Waals surface area contributed by atoms with Crippen LogP contribution in [-0.4, -0.2) is 18.8 Å². The number of benzene rings is 2. The van der Waals surface area contributed by atoms with E-state index in [1.807, 2.05) is 13.0 Å². The number of anilines is 1. The van der Waals surface area contributed by atoms with Gasteiger partial charge in [0, 0.05) is 11.8 Å². The second kappa shape index (κ2) is 7.28. The Morgan fingerprint density at radius 1 is 1.08 bits per heavy atom. The monoisotopic (exact) mass is 353 g/mol. The van der Waals surface area contributed by atoms with E-state index >= 15 is 0 Å². The number of aryl methyl sites for hydroxylation is 2. The first-order valence-electron chi connectivity index (χ1n) is 9.22. The molecule has 2 aromatic carbocycles. The van der Waals surface area contributed by atoms with Gasteiger partial charge >= 0.3 is 0 Å². The van der Waals surface area contributed by atoms with Crippen LogP contribution in [-0.2, 0) is 17.6 Å². The summed E-state index contributed by atoms with van der Waals surface area (Å²) in [6.07, 6.45) is 4.75. The van der Waals surface area contributed by atoms with Crippen molar-refractivity contribution in [3.8, 4) is 17.2 Å². The van der Waals surface area contributed by atoms with Crippen LogP contribution in [0.25, 0.3) is 0 Å². The van der Waals surface area contributed by atoms with Crippen LogP contribution < -0.4 is 19.5 Å². The second-order valence-electron chi connectivity index (χ2n) is 6.71. The van der Waals surface area contributed by atoms with Crippen molar-refractivity contribution in [3.05, 3.63) is 47.5 Å². The quantitative estimate of drug-likeness (QED) is 0.880. The Labute approximate surface area is 153 Å². The molecule has 1 aliphatic carbocycles. The van der Waals surface area contributed by atoms with Crippen LogP contribution in [0.2, 0.25) is 0 Å². The molecule has 1 atom stereocenters. The molecule has 1 aliphatic heterocycles. The highest BCUT2D eigenvalue weighted by molar-refractivity contribution is 5.94.